The Bertz CT molecular complexity index is 654. The number of ether oxygens (including phenoxy) is 2. The van der Waals surface area contributed by atoms with Crippen LogP contribution in [0.4, 0.5) is 17.6 Å². The first-order valence-electron chi connectivity index (χ1n) is 8.11. The van der Waals surface area contributed by atoms with E-state index in [1.165, 1.54) is 17.0 Å². The number of carbonyl (C=O) groups excluding carboxylic acids is 1. The maximum atomic E-state index is 13.4. The van der Waals surface area contributed by atoms with Crippen molar-refractivity contribution in [3.8, 4) is 5.75 Å². The summed E-state index contributed by atoms with van der Waals surface area (Å²) in [4.78, 5) is 12.6. The van der Waals surface area contributed by atoms with Crippen LogP contribution < -0.4 is 10.5 Å². The van der Waals surface area contributed by atoms with E-state index in [-0.39, 0.29) is 29.9 Å². The highest BCUT2D eigenvalue weighted by Gasteiger charge is 2.44. The molecule has 11 heteroatoms. The summed E-state index contributed by atoms with van der Waals surface area (Å²) in [6, 6.07) is 3.40. The second kappa shape index (κ2) is 9.05. The number of rotatable bonds is 6. The SMILES string of the molecule is NC1CCN(C(OC(=O)C(F)(F)F)C(O)COc2ccc(Cl)c(F)c2)CC1. The summed E-state index contributed by atoms with van der Waals surface area (Å²) in [7, 11) is 0. The number of carbonyl (C=O) groups is 1. The molecule has 0 saturated carbocycles. The molecule has 0 radical (unpaired) electrons. The van der Waals surface area contributed by atoms with Crippen molar-refractivity contribution < 1.29 is 36.9 Å². The lowest BCUT2D eigenvalue weighted by Crippen LogP contribution is -2.54. The lowest BCUT2D eigenvalue weighted by molar-refractivity contribution is -0.223. The van der Waals surface area contributed by atoms with Gasteiger partial charge in [-0.1, -0.05) is 11.6 Å². The number of nitrogens with two attached hydrogens (primary N) is 1. The van der Waals surface area contributed by atoms with Crippen LogP contribution in [0.15, 0.2) is 18.2 Å². The molecule has 0 spiro atoms. The topological polar surface area (TPSA) is 85.0 Å². The Hall–Kier alpha value is -1.62. The summed E-state index contributed by atoms with van der Waals surface area (Å²) in [5.41, 5.74) is 5.76. The summed E-state index contributed by atoms with van der Waals surface area (Å²) in [6.45, 7) is -0.0490. The minimum atomic E-state index is -5.20. The smallest absolute Gasteiger partial charge is 0.490 e. The molecule has 1 heterocycles. The minimum Gasteiger partial charge on any atom is -0.491 e. The zero-order valence-corrected chi connectivity index (χ0v) is 14.8. The van der Waals surface area contributed by atoms with Crippen LogP contribution in [0.2, 0.25) is 5.02 Å². The highest BCUT2D eigenvalue weighted by Crippen LogP contribution is 2.23. The van der Waals surface area contributed by atoms with Crippen LogP contribution in [0.1, 0.15) is 12.8 Å². The second-order valence-electron chi connectivity index (χ2n) is 6.12. The predicted octanol–water partition coefficient (Wildman–Crippen LogP) is 2.07. The first-order valence-corrected chi connectivity index (χ1v) is 8.49. The summed E-state index contributed by atoms with van der Waals surface area (Å²) in [6.07, 6.45) is -7.45. The van der Waals surface area contributed by atoms with Gasteiger partial charge < -0.3 is 20.3 Å². The largest absolute Gasteiger partial charge is 0.491 e. The number of nitrogens with zero attached hydrogens (tertiary/aromatic N) is 1. The van der Waals surface area contributed by atoms with Crippen molar-refractivity contribution in [2.24, 2.45) is 5.73 Å². The lowest BCUT2D eigenvalue weighted by atomic mass is 10.1. The number of alkyl halides is 3. The lowest BCUT2D eigenvalue weighted by Gasteiger charge is -2.37. The Balaban J connectivity index is 2.06. The van der Waals surface area contributed by atoms with E-state index in [1.807, 2.05) is 0 Å². The Morgan fingerprint density at radius 2 is 2.00 bits per heavy atom. The number of likely N-dealkylation sites (tertiary alicyclic amines) is 1. The van der Waals surface area contributed by atoms with E-state index in [2.05, 4.69) is 4.74 Å². The van der Waals surface area contributed by atoms with Crippen LogP contribution >= 0.6 is 11.6 Å². The van der Waals surface area contributed by atoms with Gasteiger partial charge in [-0.15, -0.1) is 0 Å². The van der Waals surface area contributed by atoms with E-state index in [0.29, 0.717) is 12.8 Å². The number of hydrogen-bond acceptors (Lipinski definition) is 6. The molecule has 6 nitrogen and oxygen atoms in total. The maximum Gasteiger partial charge on any atom is 0.490 e. The molecule has 152 valence electrons. The molecule has 2 rings (SSSR count). The molecular formula is C16H19ClF4N2O4. The van der Waals surface area contributed by atoms with Crippen LogP contribution in [-0.4, -0.2) is 60.2 Å². The average molecular weight is 415 g/mol. The van der Waals surface area contributed by atoms with Gasteiger partial charge in [0.2, 0.25) is 0 Å². The van der Waals surface area contributed by atoms with Crippen molar-refractivity contribution in [3.05, 3.63) is 29.0 Å². The van der Waals surface area contributed by atoms with Crippen LogP contribution in [0.5, 0.6) is 5.75 Å². The van der Waals surface area contributed by atoms with E-state index in [0.717, 1.165) is 6.07 Å². The number of piperidine rings is 1. The molecule has 1 aliphatic heterocycles. The fourth-order valence-electron chi connectivity index (χ4n) is 2.58. The van der Waals surface area contributed by atoms with Gasteiger partial charge in [-0.2, -0.15) is 13.2 Å². The number of aliphatic hydroxyl groups is 1. The van der Waals surface area contributed by atoms with Crippen LogP contribution in [0.25, 0.3) is 0 Å². The highest BCUT2D eigenvalue weighted by atomic mass is 35.5. The average Bonchev–Trinajstić information content (AvgIpc) is 2.60. The van der Waals surface area contributed by atoms with Crippen molar-refractivity contribution in [1.29, 1.82) is 0 Å². The molecule has 1 saturated heterocycles. The van der Waals surface area contributed by atoms with Gasteiger partial charge in [-0.3, -0.25) is 4.90 Å². The Labute approximate surface area is 157 Å². The van der Waals surface area contributed by atoms with Gasteiger partial charge in [0, 0.05) is 25.2 Å². The van der Waals surface area contributed by atoms with Gasteiger partial charge in [0.05, 0.1) is 5.02 Å². The van der Waals surface area contributed by atoms with Crippen molar-refractivity contribution in [1.82, 2.24) is 4.90 Å². The third-order valence-corrected chi connectivity index (χ3v) is 4.34. The molecule has 1 aromatic rings. The number of hydrogen-bond donors (Lipinski definition) is 2. The Morgan fingerprint density at radius 3 is 2.56 bits per heavy atom. The molecular weight excluding hydrogens is 396 g/mol. The van der Waals surface area contributed by atoms with Crippen LogP contribution in [0.3, 0.4) is 0 Å². The first kappa shape index (κ1) is 21.7. The van der Waals surface area contributed by atoms with Crippen molar-refractivity contribution in [2.45, 2.75) is 37.4 Å². The highest BCUT2D eigenvalue weighted by molar-refractivity contribution is 6.30. The monoisotopic (exact) mass is 414 g/mol. The van der Waals surface area contributed by atoms with Gasteiger partial charge >= 0.3 is 12.1 Å². The zero-order valence-electron chi connectivity index (χ0n) is 14.1. The molecule has 1 aliphatic rings. The van der Waals surface area contributed by atoms with Gasteiger partial charge in [0.25, 0.3) is 0 Å². The summed E-state index contributed by atoms with van der Waals surface area (Å²) < 4.78 is 60.7. The third kappa shape index (κ3) is 6.20. The van der Waals surface area contributed by atoms with Gasteiger partial charge in [-0.05, 0) is 25.0 Å². The molecule has 0 aromatic heterocycles. The molecule has 2 atom stereocenters. The summed E-state index contributed by atoms with van der Waals surface area (Å²) in [5.74, 6) is -3.16. The first-order chi connectivity index (χ1) is 12.6. The molecule has 0 aliphatic carbocycles. The standard InChI is InChI=1S/C16H19ClF4N2O4/c17-11-2-1-10(7-12(11)18)26-8-13(24)14(27-15(25)16(19,20)21)23-5-3-9(22)4-6-23/h1-2,7,9,13-14,24H,3-6,8,22H2. The predicted molar refractivity (Wildman–Crippen MR) is 87.6 cm³/mol. The fraction of sp³-hybridized carbons (Fsp3) is 0.562. The minimum absolute atomic E-state index is 0.0116. The van der Waals surface area contributed by atoms with Gasteiger partial charge in [0.1, 0.15) is 24.3 Å². The van der Waals surface area contributed by atoms with E-state index < -0.39 is 36.9 Å². The molecule has 1 aromatic carbocycles. The number of halogens is 5. The number of esters is 1. The van der Waals surface area contributed by atoms with E-state index >= 15 is 0 Å². The van der Waals surface area contributed by atoms with Gasteiger partial charge in [0.15, 0.2) is 6.23 Å². The normalized spacial score (nSPS) is 18.8. The van der Waals surface area contributed by atoms with Gasteiger partial charge in [-0.25, -0.2) is 9.18 Å². The Morgan fingerprint density at radius 1 is 1.37 bits per heavy atom. The quantitative estimate of drug-likeness (QED) is 0.547. The van der Waals surface area contributed by atoms with Crippen LogP contribution in [0, 0.1) is 5.82 Å². The van der Waals surface area contributed by atoms with Crippen molar-refractivity contribution >= 4 is 17.6 Å². The van der Waals surface area contributed by atoms with Crippen molar-refractivity contribution in [2.75, 3.05) is 19.7 Å². The zero-order chi connectivity index (χ0) is 20.2. The summed E-state index contributed by atoms with van der Waals surface area (Å²) in [5, 5.41) is 10.1. The molecule has 2 unspecified atom stereocenters. The molecule has 27 heavy (non-hydrogen) atoms. The number of aliphatic hydroxyl groups excluding tert-OH is 1. The number of benzene rings is 1. The molecule has 0 bridgehead atoms. The molecule has 3 N–H and O–H groups in total. The molecule has 1 fully saturated rings. The third-order valence-electron chi connectivity index (χ3n) is 4.03. The second-order valence-corrected chi connectivity index (χ2v) is 6.53. The van der Waals surface area contributed by atoms with E-state index in [9.17, 15) is 27.5 Å². The maximum absolute atomic E-state index is 13.4. The fourth-order valence-corrected chi connectivity index (χ4v) is 2.69. The Kier molecular flexibility index (Phi) is 7.26. The van der Waals surface area contributed by atoms with E-state index in [1.54, 1.807) is 0 Å². The van der Waals surface area contributed by atoms with Crippen LogP contribution in [-0.2, 0) is 9.53 Å². The molecule has 0 amide bonds. The van der Waals surface area contributed by atoms with E-state index in [4.69, 9.17) is 22.1 Å². The summed E-state index contributed by atoms with van der Waals surface area (Å²) >= 11 is 5.55. The van der Waals surface area contributed by atoms with Crippen molar-refractivity contribution in [3.63, 3.8) is 0 Å².